The van der Waals surface area contributed by atoms with E-state index in [1.54, 1.807) is 25.2 Å². The quantitative estimate of drug-likeness (QED) is 0.302. The van der Waals surface area contributed by atoms with Gasteiger partial charge in [-0.2, -0.15) is 13.2 Å². The number of methoxy groups -OCH3 is 2. The molecule has 0 aliphatic carbocycles. The average molecular weight is 529 g/mol. The topological polar surface area (TPSA) is 76.9 Å². The Morgan fingerprint density at radius 3 is 2.68 bits per heavy atom. The van der Waals surface area contributed by atoms with Crippen molar-refractivity contribution in [2.45, 2.75) is 18.6 Å². The first-order chi connectivity index (χ1) is 18.3. The number of hydrogen-bond acceptors (Lipinski definition) is 5. The van der Waals surface area contributed by atoms with Crippen molar-refractivity contribution < 1.29 is 36.6 Å². The summed E-state index contributed by atoms with van der Waals surface area (Å²) in [5.41, 5.74) is 1.75. The molecule has 1 aliphatic heterocycles. The summed E-state index contributed by atoms with van der Waals surface area (Å²) in [6, 6.07) is 13.4. The molecule has 0 spiro atoms. The highest BCUT2D eigenvalue weighted by Gasteiger charge is 2.38. The molecule has 0 bridgehead atoms. The molecule has 4 aromatic rings. The molecule has 0 radical (unpaired) electrons. The molecule has 200 valence electrons. The minimum Gasteiger partial charge on any atom is -0.497 e. The minimum atomic E-state index is -4.54. The summed E-state index contributed by atoms with van der Waals surface area (Å²) in [6.07, 6.45) is -3.97. The molecule has 3 heterocycles. The van der Waals surface area contributed by atoms with Crippen molar-refractivity contribution in [2.75, 3.05) is 40.6 Å². The fraction of sp³-hybridized carbons (Fsp3) is 0.321. The Balaban J connectivity index is 1.57. The molecule has 1 amide bonds. The van der Waals surface area contributed by atoms with Gasteiger partial charge in [0.1, 0.15) is 29.9 Å². The van der Waals surface area contributed by atoms with Crippen LogP contribution >= 0.6 is 0 Å². The van der Waals surface area contributed by atoms with Gasteiger partial charge in [0.25, 0.3) is 0 Å². The Morgan fingerprint density at radius 1 is 1.11 bits per heavy atom. The van der Waals surface area contributed by atoms with E-state index >= 15 is 0 Å². The van der Waals surface area contributed by atoms with Crippen LogP contribution in [0.15, 0.2) is 59.0 Å². The molecule has 0 fully saturated rings. The number of rotatable bonds is 8. The number of hydrogen-bond donors (Lipinski definition) is 1. The number of aromatic nitrogens is 1. The second-order valence-corrected chi connectivity index (χ2v) is 8.96. The van der Waals surface area contributed by atoms with Crippen LogP contribution in [0.4, 0.5) is 13.2 Å². The maximum atomic E-state index is 13.7. The number of aromatic amines is 1. The fourth-order valence-electron chi connectivity index (χ4n) is 4.93. The first kappa shape index (κ1) is 25.9. The highest BCUT2D eigenvalue weighted by atomic mass is 19.4. The number of H-pyrrole nitrogens is 1. The molecule has 0 saturated heterocycles. The van der Waals surface area contributed by atoms with Crippen LogP contribution in [0.2, 0.25) is 0 Å². The van der Waals surface area contributed by atoms with Gasteiger partial charge >= 0.3 is 6.18 Å². The van der Waals surface area contributed by atoms with E-state index < -0.39 is 17.8 Å². The molecule has 0 unspecified atom stereocenters. The van der Waals surface area contributed by atoms with E-state index in [0.717, 1.165) is 28.2 Å². The van der Waals surface area contributed by atoms with Crippen molar-refractivity contribution in [2.24, 2.45) is 0 Å². The summed E-state index contributed by atoms with van der Waals surface area (Å²) in [4.78, 5) is 18.3. The minimum absolute atomic E-state index is 0.0653. The van der Waals surface area contributed by atoms with Crippen molar-refractivity contribution in [3.05, 3.63) is 77.2 Å². The van der Waals surface area contributed by atoms with Gasteiger partial charge in [0.15, 0.2) is 0 Å². The highest BCUT2D eigenvalue weighted by molar-refractivity contribution is 5.88. The standard InChI is InChI=1S/C28H27F3N2O5/c1-35-13-14-37-16-25(34)33-12-11-18-20-15-17(36-2)7-8-22(20)32-26(18)27(33)24-10-9-23(38-24)19-5-3-4-6-21(19)28(29,30)31/h3-10,15,27,32H,11-14,16H2,1-2H3/t27-/m0/s1. The Labute approximate surface area is 217 Å². The molecule has 38 heavy (non-hydrogen) atoms. The van der Waals surface area contributed by atoms with Gasteiger partial charge in [-0.25, -0.2) is 0 Å². The molecule has 2 aromatic heterocycles. The van der Waals surface area contributed by atoms with Crippen molar-refractivity contribution in [3.63, 3.8) is 0 Å². The van der Waals surface area contributed by atoms with Crippen molar-refractivity contribution in [1.82, 2.24) is 9.88 Å². The third-order valence-corrected chi connectivity index (χ3v) is 6.71. The first-order valence-electron chi connectivity index (χ1n) is 12.1. The number of alkyl halides is 3. The van der Waals surface area contributed by atoms with Gasteiger partial charge in [-0.15, -0.1) is 0 Å². The lowest BCUT2D eigenvalue weighted by Gasteiger charge is -2.34. The van der Waals surface area contributed by atoms with Crippen LogP contribution < -0.4 is 4.74 Å². The average Bonchev–Trinajstić information content (AvgIpc) is 3.54. The number of carbonyl (C=O) groups is 1. The predicted octanol–water partition coefficient (Wildman–Crippen LogP) is 5.59. The highest BCUT2D eigenvalue weighted by Crippen LogP contribution is 2.42. The van der Waals surface area contributed by atoms with Crippen LogP contribution in [0.25, 0.3) is 22.2 Å². The molecule has 1 atom stereocenters. The van der Waals surface area contributed by atoms with Gasteiger partial charge in [-0.3, -0.25) is 4.79 Å². The van der Waals surface area contributed by atoms with Crippen LogP contribution in [0, 0.1) is 0 Å². The van der Waals surface area contributed by atoms with Crippen LogP contribution in [0.1, 0.15) is 28.6 Å². The number of furan rings is 1. The van der Waals surface area contributed by atoms with Crippen LogP contribution in [-0.2, 0) is 26.9 Å². The number of nitrogens with one attached hydrogen (secondary N) is 1. The van der Waals surface area contributed by atoms with E-state index in [2.05, 4.69) is 4.98 Å². The Kier molecular flexibility index (Phi) is 7.18. The SMILES string of the molecule is COCCOCC(=O)N1CCc2c([nH]c3ccc(OC)cc23)[C@@H]1c1ccc(-c2ccccc2C(F)(F)F)o1. The van der Waals surface area contributed by atoms with Gasteiger partial charge in [-0.05, 0) is 48.4 Å². The molecule has 0 saturated carbocycles. The Hall–Kier alpha value is -3.76. The zero-order chi connectivity index (χ0) is 26.9. The molecule has 1 aliphatic rings. The van der Waals surface area contributed by atoms with Crippen LogP contribution in [0.3, 0.4) is 0 Å². The molecular weight excluding hydrogens is 501 g/mol. The van der Waals surface area contributed by atoms with Crippen molar-refractivity contribution in [1.29, 1.82) is 0 Å². The zero-order valence-electron chi connectivity index (χ0n) is 20.9. The van der Waals surface area contributed by atoms with Crippen LogP contribution in [-0.4, -0.2) is 56.4 Å². The van der Waals surface area contributed by atoms with E-state index in [4.69, 9.17) is 18.6 Å². The summed E-state index contributed by atoms with van der Waals surface area (Å²) < 4.78 is 63.0. The van der Waals surface area contributed by atoms with E-state index in [0.29, 0.717) is 31.1 Å². The van der Waals surface area contributed by atoms with E-state index in [-0.39, 0.29) is 30.4 Å². The molecule has 2 aromatic carbocycles. The second-order valence-electron chi connectivity index (χ2n) is 8.96. The number of amides is 1. The second kappa shape index (κ2) is 10.5. The summed E-state index contributed by atoms with van der Waals surface area (Å²) in [7, 11) is 3.14. The predicted molar refractivity (Wildman–Crippen MR) is 134 cm³/mol. The molecule has 10 heteroatoms. The molecular formula is C28H27F3N2O5. The largest absolute Gasteiger partial charge is 0.497 e. The number of benzene rings is 2. The number of nitrogens with zero attached hydrogens (tertiary/aromatic N) is 1. The summed E-state index contributed by atoms with van der Waals surface area (Å²) >= 11 is 0. The number of fused-ring (bicyclic) bond motifs is 3. The Morgan fingerprint density at radius 2 is 1.92 bits per heavy atom. The summed E-state index contributed by atoms with van der Waals surface area (Å²) in [5.74, 6) is 0.856. The van der Waals surface area contributed by atoms with Gasteiger partial charge in [0, 0.05) is 30.1 Å². The summed E-state index contributed by atoms with van der Waals surface area (Å²) in [6.45, 7) is 0.833. The van der Waals surface area contributed by atoms with Crippen molar-refractivity contribution in [3.8, 4) is 17.1 Å². The van der Waals surface area contributed by atoms with Crippen molar-refractivity contribution >= 4 is 16.8 Å². The van der Waals surface area contributed by atoms with Gasteiger partial charge < -0.3 is 28.5 Å². The lowest BCUT2D eigenvalue weighted by molar-refractivity contribution is -0.139. The van der Waals surface area contributed by atoms with Crippen LogP contribution in [0.5, 0.6) is 5.75 Å². The molecule has 1 N–H and O–H groups in total. The Bertz CT molecular complexity index is 1440. The fourth-order valence-corrected chi connectivity index (χ4v) is 4.93. The summed E-state index contributed by atoms with van der Waals surface area (Å²) in [5, 5.41) is 0.960. The zero-order valence-corrected chi connectivity index (χ0v) is 20.9. The van der Waals surface area contributed by atoms with E-state index in [9.17, 15) is 18.0 Å². The molecule has 7 nitrogen and oxygen atoms in total. The maximum absolute atomic E-state index is 13.7. The number of carbonyl (C=O) groups excluding carboxylic acids is 1. The van der Waals surface area contributed by atoms with Gasteiger partial charge in [-0.1, -0.05) is 18.2 Å². The number of halogens is 3. The number of ether oxygens (including phenoxy) is 3. The molecule has 5 rings (SSSR count). The smallest absolute Gasteiger partial charge is 0.417 e. The lowest BCUT2D eigenvalue weighted by atomic mass is 9.95. The normalized spacial score (nSPS) is 15.6. The third-order valence-electron chi connectivity index (χ3n) is 6.71. The third kappa shape index (κ3) is 4.89. The maximum Gasteiger partial charge on any atom is 0.417 e. The first-order valence-corrected chi connectivity index (χ1v) is 12.1. The van der Waals surface area contributed by atoms with E-state index in [1.165, 1.54) is 24.3 Å². The van der Waals surface area contributed by atoms with Gasteiger partial charge in [0.2, 0.25) is 5.91 Å². The van der Waals surface area contributed by atoms with Gasteiger partial charge in [0.05, 0.1) is 31.6 Å². The lowest BCUT2D eigenvalue weighted by Crippen LogP contribution is -2.42. The monoisotopic (exact) mass is 528 g/mol. The van der Waals surface area contributed by atoms with E-state index in [1.807, 2.05) is 18.2 Å².